The summed E-state index contributed by atoms with van der Waals surface area (Å²) in [5, 5.41) is 32.9. The van der Waals surface area contributed by atoms with Gasteiger partial charge in [0.25, 0.3) is 0 Å². The Morgan fingerprint density at radius 2 is 0.902 bits per heavy atom. The highest BCUT2D eigenvalue weighted by molar-refractivity contribution is 7.92. The van der Waals surface area contributed by atoms with E-state index < -0.39 is 9.73 Å². The number of aliphatic hydroxyl groups excluding tert-OH is 4. The van der Waals surface area contributed by atoms with E-state index in [1.165, 1.54) is 12.0 Å². The van der Waals surface area contributed by atoms with Crippen LogP contribution in [0, 0.1) is 4.78 Å². The largest absolute Gasteiger partial charge is 0.396 e. The van der Waals surface area contributed by atoms with E-state index in [1.807, 2.05) is 113 Å². The predicted octanol–water partition coefficient (Wildman–Crippen LogP) is 6.75. The highest BCUT2D eigenvalue weighted by Gasteiger charge is 2.11. The molecular formula is C41H68N4O5S. The second-order valence-corrected chi connectivity index (χ2v) is 13.4. The standard InChI is InChI=1S/C12H11NOS.C7H9N.C7H8O.C5H13NO.C4H11NO.C3H8O.C3H8/c13-15(14,11-7-3-1-4-8-11)12-9-5-2-6-10-12;2*8-6-7-4-2-1-3-5-7;1-6(2)4-3-5-7;1-5(2)3-4-6;1-2-3-4;1-3-2/h1-10,13H;1-5H,6,8H2;1-5,8H,6H2;7H,3-5H2,1-2H3;6H,3-4H2,1-2H3;4H,2-3H2,1H3;3H2,1-2H3. The Morgan fingerprint density at radius 1 is 0.569 bits per heavy atom. The van der Waals surface area contributed by atoms with Crippen LogP contribution in [0.3, 0.4) is 0 Å². The maximum Gasteiger partial charge on any atom is 0.101 e. The van der Waals surface area contributed by atoms with Crippen molar-refractivity contribution in [3.8, 4) is 0 Å². The molecule has 7 N–H and O–H groups in total. The van der Waals surface area contributed by atoms with Gasteiger partial charge in [-0.05, 0) is 83.0 Å². The molecule has 0 fully saturated rings. The molecule has 0 saturated carbocycles. The molecule has 4 rings (SSSR count). The fourth-order valence-electron chi connectivity index (χ4n) is 3.14. The van der Waals surface area contributed by atoms with Crippen LogP contribution in [0.2, 0.25) is 0 Å². The molecule has 0 spiro atoms. The van der Waals surface area contributed by atoms with Gasteiger partial charge in [-0.3, -0.25) is 0 Å². The monoisotopic (exact) mass is 728 g/mol. The minimum Gasteiger partial charge on any atom is -0.396 e. The summed E-state index contributed by atoms with van der Waals surface area (Å²) < 4.78 is 20.2. The van der Waals surface area contributed by atoms with Crippen molar-refractivity contribution in [2.45, 2.75) is 63.0 Å². The number of hydrogen-bond acceptors (Lipinski definition) is 9. The molecule has 10 heteroatoms. The van der Waals surface area contributed by atoms with Crippen LogP contribution in [0.15, 0.2) is 131 Å². The first-order valence-corrected chi connectivity index (χ1v) is 18.9. The lowest BCUT2D eigenvalue weighted by Gasteiger charge is -2.06. The molecule has 0 amide bonds. The molecular weight excluding hydrogens is 661 g/mol. The number of hydrogen-bond donors (Lipinski definition) is 6. The van der Waals surface area contributed by atoms with Crippen LogP contribution < -0.4 is 5.73 Å². The second-order valence-electron chi connectivity index (χ2n) is 11.4. The third kappa shape index (κ3) is 33.5. The number of nitrogens with two attached hydrogens (primary N) is 1. The summed E-state index contributed by atoms with van der Waals surface area (Å²) >= 11 is 0. The summed E-state index contributed by atoms with van der Waals surface area (Å²) in [6.45, 7) is 9.59. The molecule has 9 nitrogen and oxygen atoms in total. The van der Waals surface area contributed by atoms with Gasteiger partial charge >= 0.3 is 0 Å². The van der Waals surface area contributed by atoms with E-state index in [4.69, 9.17) is 30.9 Å². The molecule has 0 radical (unpaired) electrons. The zero-order chi connectivity index (χ0) is 39.2. The third-order valence-corrected chi connectivity index (χ3v) is 7.66. The summed E-state index contributed by atoms with van der Waals surface area (Å²) in [5.41, 5.74) is 7.50. The average molecular weight is 729 g/mol. The van der Waals surface area contributed by atoms with Crippen molar-refractivity contribution in [3.63, 3.8) is 0 Å². The van der Waals surface area contributed by atoms with E-state index in [9.17, 15) is 4.21 Å². The lowest BCUT2D eigenvalue weighted by atomic mass is 10.2. The Labute approximate surface area is 310 Å². The van der Waals surface area contributed by atoms with Gasteiger partial charge in [-0.25, -0.2) is 8.99 Å². The maximum atomic E-state index is 12.3. The van der Waals surface area contributed by atoms with Gasteiger partial charge in [-0.15, -0.1) is 0 Å². The minimum absolute atomic E-state index is 0.140. The molecule has 0 aliphatic carbocycles. The lowest BCUT2D eigenvalue weighted by Crippen LogP contribution is -2.15. The summed E-state index contributed by atoms with van der Waals surface area (Å²) in [7, 11) is 5.01. The van der Waals surface area contributed by atoms with Gasteiger partial charge in [-0.2, -0.15) is 0 Å². The van der Waals surface area contributed by atoms with Crippen LogP contribution in [-0.2, 0) is 22.9 Å². The van der Waals surface area contributed by atoms with Crippen molar-refractivity contribution in [1.82, 2.24) is 9.80 Å². The summed E-state index contributed by atoms with van der Waals surface area (Å²) in [6, 6.07) is 37.3. The van der Waals surface area contributed by atoms with Gasteiger partial charge in [-0.1, -0.05) is 124 Å². The molecule has 0 aliphatic rings. The first-order chi connectivity index (χ1) is 24.4. The topological polar surface area (TPSA) is 154 Å². The quantitative estimate of drug-likeness (QED) is 0.105. The van der Waals surface area contributed by atoms with Gasteiger partial charge < -0.3 is 36.0 Å². The van der Waals surface area contributed by atoms with Crippen LogP contribution in [-0.4, -0.2) is 95.5 Å². The van der Waals surface area contributed by atoms with Crippen LogP contribution in [0.25, 0.3) is 0 Å². The van der Waals surface area contributed by atoms with Crippen molar-refractivity contribution in [2.75, 3.05) is 61.1 Å². The van der Waals surface area contributed by atoms with E-state index in [2.05, 4.69) is 18.7 Å². The molecule has 4 aromatic rings. The zero-order valence-electron chi connectivity index (χ0n) is 32.2. The Hall–Kier alpha value is -3.45. The maximum absolute atomic E-state index is 12.3. The number of rotatable bonds is 10. The van der Waals surface area contributed by atoms with Crippen LogP contribution in [0.4, 0.5) is 0 Å². The highest BCUT2D eigenvalue weighted by atomic mass is 32.2. The van der Waals surface area contributed by atoms with Crippen molar-refractivity contribution >= 4 is 9.73 Å². The molecule has 0 bridgehead atoms. The van der Waals surface area contributed by atoms with Gasteiger partial charge in [0.05, 0.1) is 23.0 Å². The van der Waals surface area contributed by atoms with E-state index >= 15 is 0 Å². The Kier molecular flexibility index (Phi) is 38.5. The van der Waals surface area contributed by atoms with Gasteiger partial charge in [0.2, 0.25) is 0 Å². The normalized spacial score (nSPS) is 9.69. The van der Waals surface area contributed by atoms with Crippen molar-refractivity contribution in [2.24, 2.45) is 5.73 Å². The van der Waals surface area contributed by atoms with Crippen LogP contribution >= 0.6 is 0 Å². The van der Waals surface area contributed by atoms with E-state index in [1.54, 1.807) is 48.5 Å². The Morgan fingerprint density at radius 3 is 1.08 bits per heavy atom. The van der Waals surface area contributed by atoms with Gasteiger partial charge in [0, 0.05) is 26.3 Å². The minimum atomic E-state index is -2.84. The van der Waals surface area contributed by atoms with Gasteiger partial charge in [0.15, 0.2) is 0 Å². The average Bonchev–Trinajstić information content (AvgIpc) is 3.16. The SMILES string of the molecule is CCC.CCCO.CN(C)CCCO.CN(C)CCO.N=S(=O)(c1ccccc1)c1ccccc1.NCc1ccccc1.OCc1ccccc1. The number of nitrogens with one attached hydrogen (secondary N) is 1. The molecule has 0 unspecified atom stereocenters. The number of benzene rings is 4. The molecule has 0 aliphatic heterocycles. The Bertz CT molecular complexity index is 1240. The molecule has 4 aromatic carbocycles. The Balaban J connectivity index is -0.000000561. The summed E-state index contributed by atoms with van der Waals surface area (Å²) in [5.74, 6) is 0. The summed E-state index contributed by atoms with van der Waals surface area (Å²) in [4.78, 5) is 5.09. The van der Waals surface area contributed by atoms with Crippen molar-refractivity contribution in [1.29, 1.82) is 4.78 Å². The van der Waals surface area contributed by atoms with Crippen molar-refractivity contribution < 1.29 is 24.6 Å². The fraction of sp³-hybridized carbons (Fsp3) is 0.415. The summed E-state index contributed by atoms with van der Waals surface area (Å²) in [6.07, 6.45) is 3.01. The lowest BCUT2D eigenvalue weighted by molar-refractivity contribution is 0.243. The first kappa shape index (κ1) is 51.9. The molecule has 0 saturated heterocycles. The van der Waals surface area contributed by atoms with Gasteiger partial charge in [0.1, 0.15) is 9.73 Å². The molecule has 0 atom stereocenters. The highest BCUT2D eigenvalue weighted by Crippen LogP contribution is 2.20. The van der Waals surface area contributed by atoms with E-state index in [0.717, 1.165) is 31.5 Å². The second kappa shape index (κ2) is 37.8. The van der Waals surface area contributed by atoms with Crippen LogP contribution in [0.1, 0.15) is 51.2 Å². The van der Waals surface area contributed by atoms with Crippen LogP contribution in [0.5, 0.6) is 0 Å². The van der Waals surface area contributed by atoms with E-state index in [0.29, 0.717) is 29.5 Å². The smallest absolute Gasteiger partial charge is 0.101 e. The number of nitrogens with zero attached hydrogens (tertiary/aromatic N) is 2. The number of aliphatic hydroxyl groups is 4. The fourth-order valence-corrected chi connectivity index (χ4v) is 4.50. The molecule has 0 heterocycles. The zero-order valence-corrected chi connectivity index (χ0v) is 33.0. The van der Waals surface area contributed by atoms with Crippen molar-refractivity contribution in [3.05, 3.63) is 132 Å². The first-order valence-electron chi connectivity index (χ1n) is 17.3. The third-order valence-electron chi connectivity index (χ3n) is 5.79. The van der Waals surface area contributed by atoms with E-state index in [-0.39, 0.29) is 13.2 Å². The predicted molar refractivity (Wildman–Crippen MR) is 216 cm³/mol. The molecule has 51 heavy (non-hydrogen) atoms. The number of likely N-dealkylation sites (N-methyl/N-ethyl adjacent to an activating group) is 1. The molecule has 288 valence electrons. The molecule has 0 aromatic heterocycles.